The Morgan fingerprint density at radius 1 is 1.24 bits per heavy atom. The molecule has 152 valence electrons. The van der Waals surface area contributed by atoms with E-state index in [2.05, 4.69) is 22.6 Å². The monoisotopic (exact) mass is 390 g/mol. The summed E-state index contributed by atoms with van der Waals surface area (Å²) >= 11 is 0. The molecule has 1 aromatic carbocycles. The number of anilines is 1. The van der Waals surface area contributed by atoms with Gasteiger partial charge < -0.3 is 10.6 Å². The summed E-state index contributed by atoms with van der Waals surface area (Å²) in [4.78, 5) is 22.7. The fourth-order valence-corrected chi connectivity index (χ4v) is 3.27. The lowest BCUT2D eigenvalue weighted by molar-refractivity contribution is -0.128. The van der Waals surface area contributed by atoms with Crippen molar-refractivity contribution in [2.24, 2.45) is 0 Å². The second-order valence-electron chi connectivity index (χ2n) is 6.51. The van der Waals surface area contributed by atoms with Crippen LogP contribution in [0.2, 0.25) is 0 Å². The van der Waals surface area contributed by atoms with Crippen molar-refractivity contribution in [1.29, 1.82) is 0 Å². The van der Waals surface area contributed by atoms with Crippen molar-refractivity contribution < 1.29 is 4.79 Å². The van der Waals surface area contributed by atoms with E-state index in [4.69, 9.17) is 5.73 Å². The number of allylic oxidation sites excluding steroid dienone is 4. The van der Waals surface area contributed by atoms with Gasteiger partial charge >= 0.3 is 0 Å². The van der Waals surface area contributed by atoms with Crippen LogP contribution in [0.3, 0.4) is 0 Å². The molecule has 0 aliphatic carbocycles. The normalized spacial score (nSPS) is 13.8. The third kappa shape index (κ3) is 5.88. The number of aromatic nitrogens is 2. The van der Waals surface area contributed by atoms with Crippen molar-refractivity contribution in [3.8, 4) is 0 Å². The average molecular weight is 391 g/mol. The van der Waals surface area contributed by atoms with Crippen LogP contribution in [0.15, 0.2) is 72.6 Å². The van der Waals surface area contributed by atoms with Gasteiger partial charge in [-0.1, -0.05) is 62.9 Å². The molecule has 0 bridgehead atoms. The Morgan fingerprint density at radius 3 is 2.62 bits per heavy atom. The third-order valence-electron chi connectivity index (χ3n) is 4.81. The number of carbonyl (C=O) groups excluding carboxylic acids is 1. The van der Waals surface area contributed by atoms with E-state index >= 15 is 0 Å². The van der Waals surface area contributed by atoms with Crippen LogP contribution in [0.4, 0.5) is 5.95 Å². The molecule has 0 saturated carbocycles. The zero-order valence-electron chi connectivity index (χ0n) is 17.6. The molecular formula is C24H30N4O. The highest BCUT2D eigenvalue weighted by atomic mass is 16.2. The number of nitrogens with zero attached hydrogens (tertiary/aromatic N) is 3. The van der Waals surface area contributed by atoms with Gasteiger partial charge in [-0.3, -0.25) is 4.79 Å². The number of nitrogen functional groups attached to an aromatic ring is 1. The van der Waals surface area contributed by atoms with Crippen molar-refractivity contribution in [1.82, 2.24) is 14.9 Å². The first-order valence-corrected chi connectivity index (χ1v) is 10.0. The molecule has 2 aromatic rings. The molecule has 5 nitrogen and oxygen atoms in total. The van der Waals surface area contributed by atoms with Crippen molar-refractivity contribution in [2.75, 3.05) is 12.3 Å². The van der Waals surface area contributed by atoms with Gasteiger partial charge in [0.25, 0.3) is 0 Å². The van der Waals surface area contributed by atoms with Gasteiger partial charge in [0.15, 0.2) is 0 Å². The Hall–Kier alpha value is -3.21. The van der Waals surface area contributed by atoms with Gasteiger partial charge in [-0.2, -0.15) is 0 Å². The lowest BCUT2D eigenvalue weighted by atomic mass is 10.1. The predicted octanol–water partition coefficient (Wildman–Crippen LogP) is 4.79. The molecule has 0 saturated heterocycles. The Bertz CT molecular complexity index is 900. The molecule has 0 spiro atoms. The Labute approximate surface area is 173 Å². The zero-order valence-corrected chi connectivity index (χ0v) is 17.6. The van der Waals surface area contributed by atoms with Gasteiger partial charge in [0.1, 0.15) is 0 Å². The van der Waals surface area contributed by atoms with Crippen molar-refractivity contribution in [3.05, 3.63) is 83.9 Å². The van der Waals surface area contributed by atoms with E-state index in [1.165, 1.54) is 5.57 Å². The number of hydrogen-bond donors (Lipinski definition) is 1. The van der Waals surface area contributed by atoms with E-state index in [1.807, 2.05) is 62.1 Å². The smallest absolute Gasteiger partial charge is 0.231 e. The molecule has 0 radical (unpaired) electrons. The van der Waals surface area contributed by atoms with E-state index in [0.29, 0.717) is 6.42 Å². The fraction of sp³-hybridized carbons (Fsp3) is 0.292. The van der Waals surface area contributed by atoms with E-state index in [1.54, 1.807) is 12.3 Å². The summed E-state index contributed by atoms with van der Waals surface area (Å²) < 4.78 is 0. The number of carbonyl (C=O) groups is 1. The minimum absolute atomic E-state index is 0.144. The molecule has 2 heterocycles. The van der Waals surface area contributed by atoms with Gasteiger partial charge in [0.2, 0.25) is 11.9 Å². The van der Waals surface area contributed by atoms with Gasteiger partial charge in [-0.05, 0) is 42.5 Å². The molecular weight excluding hydrogens is 360 g/mol. The van der Waals surface area contributed by atoms with Crippen LogP contribution < -0.4 is 5.73 Å². The topological polar surface area (TPSA) is 72.1 Å². The van der Waals surface area contributed by atoms with Crippen LogP contribution in [0.25, 0.3) is 5.57 Å². The molecule has 0 atom stereocenters. The van der Waals surface area contributed by atoms with Gasteiger partial charge in [-0.25, -0.2) is 9.97 Å². The molecule has 1 aliphatic heterocycles. The summed E-state index contributed by atoms with van der Waals surface area (Å²) in [6, 6.07) is 11.7. The lowest BCUT2D eigenvalue weighted by Gasteiger charge is -2.18. The highest BCUT2D eigenvalue weighted by Gasteiger charge is 2.23. The fourth-order valence-electron chi connectivity index (χ4n) is 3.27. The minimum atomic E-state index is 0.144. The Kier molecular flexibility index (Phi) is 8.34. The lowest BCUT2D eigenvalue weighted by Crippen LogP contribution is -2.28. The van der Waals surface area contributed by atoms with Gasteiger partial charge in [0, 0.05) is 18.4 Å². The van der Waals surface area contributed by atoms with Crippen molar-refractivity contribution >= 4 is 17.4 Å². The molecule has 29 heavy (non-hydrogen) atoms. The highest BCUT2D eigenvalue weighted by Crippen LogP contribution is 2.27. The second kappa shape index (κ2) is 11.0. The van der Waals surface area contributed by atoms with Crippen molar-refractivity contribution in [2.45, 2.75) is 40.0 Å². The minimum Gasteiger partial charge on any atom is -0.368 e. The van der Waals surface area contributed by atoms with E-state index < -0.39 is 0 Å². The van der Waals surface area contributed by atoms with Crippen LogP contribution in [0.5, 0.6) is 0 Å². The van der Waals surface area contributed by atoms with Crippen LogP contribution in [0, 0.1) is 0 Å². The maximum Gasteiger partial charge on any atom is 0.231 e. The Balaban J connectivity index is 0.00000145. The highest BCUT2D eigenvalue weighted by molar-refractivity contribution is 5.81. The molecule has 1 aliphatic rings. The standard InChI is InChI=1S/C22H24N4O.C2H6/c1-3-18(20-11-13-24-22(23)25-20)9-10-19-12-14-26(16(19)2)21(27)15-17-7-5-4-6-8-17;1-2/h3-9,11,13H,1,10,12,14-15H2,2H3,(H2,23,24,25);1-2H3. The molecule has 5 heteroatoms. The summed E-state index contributed by atoms with van der Waals surface area (Å²) in [6.45, 7) is 10.6. The maximum absolute atomic E-state index is 12.7. The first kappa shape index (κ1) is 22.1. The summed E-state index contributed by atoms with van der Waals surface area (Å²) in [7, 11) is 0. The summed E-state index contributed by atoms with van der Waals surface area (Å²) in [5.41, 5.74) is 10.7. The molecule has 1 aromatic heterocycles. The second-order valence-corrected chi connectivity index (χ2v) is 6.51. The Morgan fingerprint density at radius 2 is 1.97 bits per heavy atom. The molecule has 0 unspecified atom stereocenters. The average Bonchev–Trinajstić information content (AvgIpc) is 3.11. The number of hydrogen-bond acceptors (Lipinski definition) is 4. The SMILES string of the molecule is C=CC(=CCC1=C(C)N(C(=O)Cc2ccccc2)CC1)c1ccnc(N)n1.CC. The van der Waals surface area contributed by atoms with E-state index in [9.17, 15) is 4.79 Å². The zero-order chi connectivity index (χ0) is 21.2. The number of amides is 1. The summed E-state index contributed by atoms with van der Waals surface area (Å²) in [5, 5.41) is 0. The van der Waals surface area contributed by atoms with Crippen LogP contribution in [-0.4, -0.2) is 27.3 Å². The van der Waals surface area contributed by atoms with Crippen molar-refractivity contribution in [3.63, 3.8) is 0 Å². The quantitative estimate of drug-likeness (QED) is 0.720. The molecule has 1 amide bonds. The summed E-state index contributed by atoms with van der Waals surface area (Å²) in [5.74, 6) is 0.388. The molecule has 3 rings (SSSR count). The van der Waals surface area contributed by atoms with Crippen LogP contribution in [0.1, 0.15) is 44.9 Å². The molecule has 0 fully saturated rings. The van der Waals surface area contributed by atoms with Gasteiger partial charge in [0.05, 0.1) is 12.1 Å². The number of rotatable bonds is 6. The van der Waals surface area contributed by atoms with E-state index in [0.717, 1.165) is 41.9 Å². The van der Waals surface area contributed by atoms with E-state index in [-0.39, 0.29) is 11.9 Å². The summed E-state index contributed by atoms with van der Waals surface area (Å²) in [6.07, 6.45) is 7.56. The predicted molar refractivity (Wildman–Crippen MR) is 120 cm³/mol. The van der Waals surface area contributed by atoms with Gasteiger partial charge in [-0.15, -0.1) is 0 Å². The van der Waals surface area contributed by atoms with Crippen LogP contribution in [-0.2, 0) is 11.2 Å². The third-order valence-corrected chi connectivity index (χ3v) is 4.81. The first-order chi connectivity index (χ1) is 14.1. The number of nitrogens with two attached hydrogens (primary N) is 1. The number of benzene rings is 1. The van der Waals surface area contributed by atoms with Crippen LogP contribution >= 0.6 is 0 Å². The maximum atomic E-state index is 12.7. The largest absolute Gasteiger partial charge is 0.368 e. The molecule has 2 N–H and O–H groups in total. The first-order valence-electron chi connectivity index (χ1n) is 10.0.